The number of aromatic nitrogens is 2. The number of halogens is 1. The van der Waals surface area contributed by atoms with Crippen molar-refractivity contribution in [1.82, 2.24) is 19.6 Å². The molecule has 1 aromatic heterocycles. The maximum Gasteiger partial charge on any atom is 0.0534 e. The van der Waals surface area contributed by atoms with Gasteiger partial charge in [-0.3, -0.25) is 4.68 Å². The Morgan fingerprint density at radius 2 is 2.04 bits per heavy atom. The molecule has 0 spiro atoms. The van der Waals surface area contributed by atoms with E-state index in [-0.39, 0.29) is 0 Å². The van der Waals surface area contributed by atoms with Gasteiger partial charge >= 0.3 is 0 Å². The predicted octanol–water partition coefficient (Wildman–Crippen LogP) is 3.46. The van der Waals surface area contributed by atoms with Crippen molar-refractivity contribution in [3.05, 3.63) is 52.8 Å². The highest BCUT2D eigenvalue weighted by Gasteiger charge is 2.21. The second-order valence-electron chi connectivity index (χ2n) is 7.40. The van der Waals surface area contributed by atoms with E-state index in [1.807, 2.05) is 30.1 Å². The Morgan fingerprint density at radius 1 is 1.24 bits per heavy atom. The van der Waals surface area contributed by atoms with Crippen molar-refractivity contribution < 1.29 is 0 Å². The molecule has 1 aliphatic heterocycles. The number of hydrogen-bond acceptors (Lipinski definition) is 3. The molecule has 0 bridgehead atoms. The molecular formula is C20H29ClN4. The third-order valence-electron chi connectivity index (χ3n) is 5.01. The molecule has 0 saturated carbocycles. The molecule has 25 heavy (non-hydrogen) atoms. The molecule has 4 nitrogen and oxygen atoms in total. The van der Waals surface area contributed by atoms with E-state index in [9.17, 15) is 0 Å². The fourth-order valence-corrected chi connectivity index (χ4v) is 3.94. The molecule has 0 N–H and O–H groups in total. The predicted molar refractivity (Wildman–Crippen MR) is 104 cm³/mol. The quantitative estimate of drug-likeness (QED) is 0.755. The van der Waals surface area contributed by atoms with Crippen LogP contribution in [0.1, 0.15) is 24.0 Å². The molecule has 136 valence electrons. The number of nitrogens with zero attached hydrogens (tertiary/aromatic N) is 4. The van der Waals surface area contributed by atoms with Crippen LogP contribution in [0.4, 0.5) is 0 Å². The first-order valence-corrected chi connectivity index (χ1v) is 9.59. The van der Waals surface area contributed by atoms with Crippen molar-refractivity contribution in [2.75, 3.05) is 33.2 Å². The highest BCUT2D eigenvalue weighted by atomic mass is 35.5. The molecule has 1 unspecified atom stereocenters. The average molecular weight is 361 g/mol. The van der Waals surface area contributed by atoms with Crippen LogP contribution in [0.2, 0.25) is 5.02 Å². The zero-order valence-corrected chi connectivity index (χ0v) is 16.1. The summed E-state index contributed by atoms with van der Waals surface area (Å²) in [4.78, 5) is 5.06. The summed E-state index contributed by atoms with van der Waals surface area (Å²) < 4.78 is 1.88. The lowest BCUT2D eigenvalue weighted by molar-refractivity contribution is 0.142. The van der Waals surface area contributed by atoms with Gasteiger partial charge in [-0.1, -0.05) is 23.7 Å². The Bertz CT molecular complexity index is 652. The van der Waals surface area contributed by atoms with Crippen molar-refractivity contribution >= 4 is 11.6 Å². The fraction of sp³-hybridized carbons (Fsp3) is 0.550. The summed E-state index contributed by atoms with van der Waals surface area (Å²) in [6.07, 6.45) is 7.84. The Morgan fingerprint density at radius 3 is 2.76 bits per heavy atom. The fourth-order valence-electron chi connectivity index (χ4n) is 3.81. The van der Waals surface area contributed by atoms with Crippen molar-refractivity contribution in [2.24, 2.45) is 13.0 Å². The zero-order chi connectivity index (χ0) is 17.6. The maximum absolute atomic E-state index is 5.97. The SMILES string of the molecule is CN(Cc1cnn(C)c1)CC1CCCN(CCc2ccc(Cl)cc2)C1. The highest BCUT2D eigenvalue weighted by molar-refractivity contribution is 6.30. The van der Waals surface area contributed by atoms with E-state index >= 15 is 0 Å². The zero-order valence-electron chi connectivity index (χ0n) is 15.4. The van der Waals surface area contributed by atoms with E-state index in [4.69, 9.17) is 11.6 Å². The molecule has 2 heterocycles. The largest absolute Gasteiger partial charge is 0.303 e. The van der Waals surface area contributed by atoms with Crippen LogP contribution < -0.4 is 0 Å². The summed E-state index contributed by atoms with van der Waals surface area (Å²) in [6, 6.07) is 8.27. The normalized spacial score (nSPS) is 18.8. The van der Waals surface area contributed by atoms with Crippen LogP contribution in [-0.4, -0.2) is 52.8 Å². The standard InChI is InChI=1S/C20H29ClN4/c1-23(14-19-12-22-24(2)15-19)13-18-4-3-10-25(16-18)11-9-17-5-7-20(21)8-6-17/h5-8,12,15,18H,3-4,9-11,13-14,16H2,1-2H3. The van der Waals surface area contributed by atoms with Crippen LogP contribution in [0.25, 0.3) is 0 Å². The van der Waals surface area contributed by atoms with Gasteiger partial charge in [0.2, 0.25) is 0 Å². The number of benzene rings is 1. The van der Waals surface area contributed by atoms with E-state index < -0.39 is 0 Å². The van der Waals surface area contributed by atoms with E-state index in [1.54, 1.807) is 0 Å². The maximum atomic E-state index is 5.97. The minimum Gasteiger partial charge on any atom is -0.303 e. The first-order valence-electron chi connectivity index (χ1n) is 9.21. The first kappa shape index (κ1) is 18.4. The van der Waals surface area contributed by atoms with Crippen molar-refractivity contribution in [2.45, 2.75) is 25.8 Å². The third kappa shape index (κ3) is 5.84. The molecule has 1 saturated heterocycles. The smallest absolute Gasteiger partial charge is 0.0534 e. The summed E-state index contributed by atoms with van der Waals surface area (Å²) in [7, 11) is 4.20. The lowest BCUT2D eigenvalue weighted by atomic mass is 9.97. The number of likely N-dealkylation sites (tertiary alicyclic amines) is 1. The Hall–Kier alpha value is -1.36. The van der Waals surface area contributed by atoms with Crippen LogP contribution in [0, 0.1) is 5.92 Å². The van der Waals surface area contributed by atoms with Crippen LogP contribution in [0.3, 0.4) is 0 Å². The van der Waals surface area contributed by atoms with Crippen molar-refractivity contribution in [1.29, 1.82) is 0 Å². The minimum absolute atomic E-state index is 0.764. The van der Waals surface area contributed by atoms with Crippen LogP contribution >= 0.6 is 11.6 Å². The molecule has 2 aromatic rings. The van der Waals surface area contributed by atoms with Crippen molar-refractivity contribution in [3.8, 4) is 0 Å². The van der Waals surface area contributed by atoms with Crippen LogP contribution in [-0.2, 0) is 20.0 Å². The van der Waals surface area contributed by atoms with Crippen molar-refractivity contribution in [3.63, 3.8) is 0 Å². The van der Waals surface area contributed by atoms with Gasteiger partial charge in [-0.25, -0.2) is 0 Å². The van der Waals surface area contributed by atoms with Crippen LogP contribution in [0.15, 0.2) is 36.7 Å². The van der Waals surface area contributed by atoms with Gasteiger partial charge in [-0.2, -0.15) is 5.10 Å². The lowest BCUT2D eigenvalue weighted by Crippen LogP contribution is -2.40. The number of piperidine rings is 1. The van der Waals surface area contributed by atoms with Gasteiger partial charge in [0.25, 0.3) is 0 Å². The molecule has 1 aromatic carbocycles. The average Bonchev–Trinajstić information content (AvgIpc) is 2.99. The molecule has 1 atom stereocenters. The van der Waals surface area contributed by atoms with Gasteiger partial charge in [0.05, 0.1) is 6.20 Å². The molecule has 5 heteroatoms. The topological polar surface area (TPSA) is 24.3 Å². The van der Waals surface area contributed by atoms with Gasteiger partial charge in [-0.05, 0) is 56.5 Å². The minimum atomic E-state index is 0.764. The van der Waals surface area contributed by atoms with E-state index in [2.05, 4.69) is 40.3 Å². The second kappa shape index (κ2) is 8.84. The monoisotopic (exact) mass is 360 g/mol. The lowest BCUT2D eigenvalue weighted by Gasteiger charge is -2.34. The van der Waals surface area contributed by atoms with Gasteiger partial charge in [-0.15, -0.1) is 0 Å². The first-order chi connectivity index (χ1) is 12.1. The van der Waals surface area contributed by atoms with Gasteiger partial charge < -0.3 is 9.80 Å². The van der Waals surface area contributed by atoms with Gasteiger partial charge in [0, 0.05) is 50.0 Å². The number of hydrogen-bond donors (Lipinski definition) is 0. The molecular weight excluding hydrogens is 332 g/mol. The van der Waals surface area contributed by atoms with E-state index in [1.165, 1.54) is 37.1 Å². The third-order valence-corrected chi connectivity index (χ3v) is 5.27. The van der Waals surface area contributed by atoms with Crippen LogP contribution in [0.5, 0.6) is 0 Å². The molecule has 0 radical (unpaired) electrons. The molecule has 1 aliphatic rings. The molecule has 1 fully saturated rings. The Kier molecular flexibility index (Phi) is 6.51. The summed E-state index contributed by atoms with van der Waals surface area (Å²) in [5.74, 6) is 0.764. The van der Waals surface area contributed by atoms with E-state index in [0.717, 1.165) is 37.0 Å². The molecule has 0 amide bonds. The van der Waals surface area contributed by atoms with Gasteiger partial charge in [0.15, 0.2) is 0 Å². The molecule has 3 rings (SSSR count). The Labute approximate surface area is 156 Å². The summed E-state index contributed by atoms with van der Waals surface area (Å²) in [5.41, 5.74) is 2.67. The number of aryl methyl sites for hydroxylation is 1. The Balaban J connectivity index is 1.43. The molecule has 0 aliphatic carbocycles. The van der Waals surface area contributed by atoms with E-state index in [0.29, 0.717) is 0 Å². The van der Waals surface area contributed by atoms with Gasteiger partial charge in [0.1, 0.15) is 0 Å². The summed E-state index contributed by atoms with van der Waals surface area (Å²) in [5, 5.41) is 5.08. The highest BCUT2D eigenvalue weighted by Crippen LogP contribution is 2.19. The number of rotatable bonds is 7. The summed E-state index contributed by atoms with van der Waals surface area (Å²) in [6.45, 7) is 5.73. The summed E-state index contributed by atoms with van der Waals surface area (Å²) >= 11 is 5.97. The second-order valence-corrected chi connectivity index (χ2v) is 7.84.